The third kappa shape index (κ3) is 3.61. The summed E-state index contributed by atoms with van der Waals surface area (Å²) < 4.78 is 5.47. The number of anilines is 1. The highest BCUT2D eigenvalue weighted by molar-refractivity contribution is 5.41. The largest absolute Gasteiger partial charge is 0.478 e. The Morgan fingerprint density at radius 2 is 2.00 bits per heavy atom. The summed E-state index contributed by atoms with van der Waals surface area (Å²) in [6.07, 6.45) is 1.12. The molecule has 0 aliphatic carbocycles. The van der Waals surface area contributed by atoms with Crippen molar-refractivity contribution >= 4 is 5.82 Å². The Balaban J connectivity index is 1.94. The van der Waals surface area contributed by atoms with Gasteiger partial charge in [0.25, 0.3) is 0 Å². The van der Waals surface area contributed by atoms with Crippen LogP contribution in [0.4, 0.5) is 5.82 Å². The van der Waals surface area contributed by atoms with Crippen LogP contribution in [0.25, 0.3) is 0 Å². The summed E-state index contributed by atoms with van der Waals surface area (Å²) in [6.45, 7) is 9.68. The van der Waals surface area contributed by atoms with Gasteiger partial charge >= 0.3 is 0 Å². The lowest BCUT2D eigenvalue weighted by atomic mass is 10.1. The molecule has 0 aromatic carbocycles. The average Bonchev–Trinajstić information content (AvgIpc) is 2.50. The van der Waals surface area contributed by atoms with Crippen molar-refractivity contribution in [2.24, 2.45) is 5.73 Å². The molecule has 1 saturated heterocycles. The second kappa shape index (κ2) is 7.45. The van der Waals surface area contributed by atoms with Crippen LogP contribution in [0.15, 0.2) is 18.2 Å². The van der Waals surface area contributed by atoms with E-state index in [9.17, 15) is 0 Å². The highest BCUT2D eigenvalue weighted by Gasteiger charge is 2.22. The van der Waals surface area contributed by atoms with Crippen molar-refractivity contribution in [3.05, 3.63) is 18.2 Å². The van der Waals surface area contributed by atoms with Gasteiger partial charge in [0, 0.05) is 44.8 Å². The van der Waals surface area contributed by atoms with Crippen molar-refractivity contribution in [1.29, 1.82) is 0 Å². The molecule has 0 spiro atoms. The zero-order chi connectivity index (χ0) is 14.4. The van der Waals surface area contributed by atoms with Gasteiger partial charge in [0.15, 0.2) is 0 Å². The van der Waals surface area contributed by atoms with Crippen LogP contribution >= 0.6 is 0 Å². The van der Waals surface area contributed by atoms with E-state index in [-0.39, 0.29) is 0 Å². The minimum absolute atomic E-state index is 0.514. The van der Waals surface area contributed by atoms with Crippen molar-refractivity contribution < 1.29 is 4.74 Å². The molecule has 1 fully saturated rings. The monoisotopic (exact) mass is 278 g/mol. The molecule has 2 heterocycles. The van der Waals surface area contributed by atoms with Crippen molar-refractivity contribution in [1.82, 2.24) is 9.88 Å². The number of pyridine rings is 1. The third-order valence-electron chi connectivity index (χ3n) is 3.90. The van der Waals surface area contributed by atoms with E-state index in [2.05, 4.69) is 27.8 Å². The highest BCUT2D eigenvalue weighted by atomic mass is 16.5. The Kier molecular flexibility index (Phi) is 5.61. The van der Waals surface area contributed by atoms with Crippen LogP contribution < -0.4 is 15.4 Å². The van der Waals surface area contributed by atoms with E-state index in [1.807, 2.05) is 19.1 Å². The van der Waals surface area contributed by atoms with Crippen molar-refractivity contribution in [3.63, 3.8) is 0 Å². The maximum absolute atomic E-state index is 5.83. The Bertz CT molecular complexity index is 401. The molecule has 2 N–H and O–H groups in total. The lowest BCUT2D eigenvalue weighted by Crippen LogP contribution is -2.52. The number of hydrogen-bond acceptors (Lipinski definition) is 5. The van der Waals surface area contributed by atoms with E-state index in [0.717, 1.165) is 45.0 Å². The number of aromatic nitrogens is 1. The zero-order valence-corrected chi connectivity index (χ0v) is 12.6. The Morgan fingerprint density at radius 3 is 2.60 bits per heavy atom. The third-order valence-corrected chi connectivity index (χ3v) is 3.90. The van der Waals surface area contributed by atoms with Gasteiger partial charge in [0.1, 0.15) is 5.82 Å². The number of ether oxygens (including phenoxy) is 1. The fraction of sp³-hybridized carbons (Fsp3) is 0.667. The highest BCUT2D eigenvalue weighted by Crippen LogP contribution is 2.18. The second-order valence-electron chi connectivity index (χ2n) is 5.09. The summed E-state index contributed by atoms with van der Waals surface area (Å²) in [7, 11) is 0. The lowest BCUT2D eigenvalue weighted by Gasteiger charge is -2.39. The molecular formula is C15H26N4O. The van der Waals surface area contributed by atoms with Crippen LogP contribution in [0.2, 0.25) is 0 Å². The molecule has 112 valence electrons. The van der Waals surface area contributed by atoms with Crippen LogP contribution in [-0.2, 0) is 0 Å². The number of hydrogen-bond donors (Lipinski definition) is 1. The van der Waals surface area contributed by atoms with Crippen LogP contribution in [0.1, 0.15) is 20.3 Å². The maximum Gasteiger partial charge on any atom is 0.215 e. The molecule has 20 heavy (non-hydrogen) atoms. The summed E-state index contributed by atoms with van der Waals surface area (Å²) in [5.41, 5.74) is 5.83. The molecule has 1 aliphatic rings. The zero-order valence-electron chi connectivity index (χ0n) is 12.6. The molecule has 1 aromatic heterocycles. The SMILES string of the molecule is CCOc1cccc(N2CCN(C(CC)CN)CC2)n1. The first-order valence-corrected chi connectivity index (χ1v) is 7.57. The maximum atomic E-state index is 5.83. The standard InChI is InChI=1S/C15H26N4O/c1-3-13(12-16)18-8-10-19(11-9-18)14-6-5-7-15(17-14)20-4-2/h5-7,13H,3-4,8-12,16H2,1-2H3. The Labute approximate surface area is 121 Å². The number of nitrogens with zero attached hydrogens (tertiary/aromatic N) is 3. The first-order chi connectivity index (χ1) is 9.78. The number of rotatable bonds is 6. The predicted octanol–water partition coefficient (Wildman–Crippen LogP) is 1.34. The molecule has 5 nitrogen and oxygen atoms in total. The summed E-state index contributed by atoms with van der Waals surface area (Å²) >= 11 is 0. The minimum atomic E-state index is 0.514. The smallest absolute Gasteiger partial charge is 0.215 e. The molecule has 0 saturated carbocycles. The molecule has 0 amide bonds. The van der Waals surface area contributed by atoms with Crippen LogP contribution in [0.5, 0.6) is 5.88 Å². The summed E-state index contributed by atoms with van der Waals surface area (Å²) in [4.78, 5) is 9.37. The lowest BCUT2D eigenvalue weighted by molar-refractivity contribution is 0.184. The van der Waals surface area contributed by atoms with Gasteiger partial charge in [0.05, 0.1) is 6.61 Å². The molecule has 0 radical (unpaired) electrons. The van der Waals surface area contributed by atoms with Crippen molar-refractivity contribution in [3.8, 4) is 5.88 Å². The van der Waals surface area contributed by atoms with E-state index in [1.165, 1.54) is 0 Å². The van der Waals surface area contributed by atoms with Crippen LogP contribution in [0.3, 0.4) is 0 Å². The van der Waals surface area contributed by atoms with Crippen molar-refractivity contribution in [2.45, 2.75) is 26.3 Å². The minimum Gasteiger partial charge on any atom is -0.478 e. The predicted molar refractivity (Wildman–Crippen MR) is 82.3 cm³/mol. The fourth-order valence-electron chi connectivity index (χ4n) is 2.70. The van der Waals surface area contributed by atoms with E-state index >= 15 is 0 Å². The molecule has 1 aliphatic heterocycles. The van der Waals surface area contributed by atoms with Crippen molar-refractivity contribution in [2.75, 3.05) is 44.2 Å². The van der Waals surface area contributed by atoms with Gasteiger partial charge in [-0.3, -0.25) is 4.90 Å². The van der Waals surface area contributed by atoms with Crippen LogP contribution in [-0.4, -0.2) is 55.3 Å². The summed E-state index contributed by atoms with van der Waals surface area (Å²) in [5, 5.41) is 0. The average molecular weight is 278 g/mol. The summed E-state index contributed by atoms with van der Waals surface area (Å²) in [5.74, 6) is 1.72. The van der Waals surface area contributed by atoms with E-state index in [4.69, 9.17) is 10.5 Å². The fourth-order valence-corrected chi connectivity index (χ4v) is 2.70. The first-order valence-electron chi connectivity index (χ1n) is 7.57. The molecule has 2 rings (SSSR count). The van der Waals surface area contributed by atoms with E-state index < -0.39 is 0 Å². The van der Waals surface area contributed by atoms with Gasteiger partial charge in [-0.05, 0) is 19.4 Å². The second-order valence-corrected chi connectivity index (χ2v) is 5.09. The van der Waals surface area contributed by atoms with Gasteiger partial charge in [-0.15, -0.1) is 0 Å². The topological polar surface area (TPSA) is 54.6 Å². The molecule has 1 unspecified atom stereocenters. The van der Waals surface area contributed by atoms with Gasteiger partial charge < -0.3 is 15.4 Å². The van der Waals surface area contributed by atoms with Crippen LogP contribution in [0, 0.1) is 0 Å². The number of nitrogens with two attached hydrogens (primary N) is 1. The van der Waals surface area contributed by atoms with Gasteiger partial charge in [-0.2, -0.15) is 4.98 Å². The quantitative estimate of drug-likeness (QED) is 0.851. The molecule has 0 bridgehead atoms. The molecule has 1 atom stereocenters. The molecular weight excluding hydrogens is 252 g/mol. The van der Waals surface area contributed by atoms with Gasteiger partial charge in [0.2, 0.25) is 5.88 Å². The van der Waals surface area contributed by atoms with E-state index in [1.54, 1.807) is 0 Å². The first kappa shape index (κ1) is 15.1. The molecule has 5 heteroatoms. The Hall–Kier alpha value is -1.33. The van der Waals surface area contributed by atoms with Gasteiger partial charge in [-0.25, -0.2) is 0 Å². The van der Waals surface area contributed by atoms with Gasteiger partial charge in [-0.1, -0.05) is 13.0 Å². The molecule has 1 aromatic rings. The normalized spacial score (nSPS) is 18.1. The summed E-state index contributed by atoms with van der Waals surface area (Å²) in [6, 6.07) is 6.48. The number of piperazine rings is 1. The Morgan fingerprint density at radius 1 is 1.25 bits per heavy atom. The van der Waals surface area contributed by atoms with E-state index in [0.29, 0.717) is 18.5 Å².